The van der Waals surface area contributed by atoms with Crippen molar-refractivity contribution in [2.45, 2.75) is 13.0 Å². The molecule has 0 saturated carbocycles. The van der Waals surface area contributed by atoms with Crippen LogP contribution in [0.3, 0.4) is 0 Å². The smallest absolute Gasteiger partial charge is 0.328 e. The summed E-state index contributed by atoms with van der Waals surface area (Å²) in [6.07, 6.45) is 0. The molecule has 1 saturated heterocycles. The minimum absolute atomic E-state index is 0.0140. The van der Waals surface area contributed by atoms with Crippen molar-refractivity contribution >= 4 is 17.9 Å². The summed E-state index contributed by atoms with van der Waals surface area (Å²) >= 11 is 0. The van der Waals surface area contributed by atoms with Crippen molar-refractivity contribution < 1.29 is 24.2 Å². The van der Waals surface area contributed by atoms with Crippen molar-refractivity contribution in [2.75, 3.05) is 40.4 Å². The number of amides is 3. The molecule has 2 atom stereocenters. The van der Waals surface area contributed by atoms with Gasteiger partial charge in [-0.2, -0.15) is 0 Å². The molecule has 3 amide bonds. The Morgan fingerprint density at radius 3 is 2.70 bits per heavy atom. The maximum Gasteiger partial charge on any atom is 0.328 e. The predicted octanol–water partition coefficient (Wildman–Crippen LogP) is -0.794. The molecule has 2 N–H and O–H groups in total. The molecule has 0 aromatic carbocycles. The van der Waals surface area contributed by atoms with Gasteiger partial charge in [-0.15, -0.1) is 0 Å². The molecule has 0 radical (unpaired) electrons. The summed E-state index contributed by atoms with van der Waals surface area (Å²) in [4.78, 5) is 37.4. The predicted molar refractivity (Wildman–Crippen MR) is 70.2 cm³/mol. The highest BCUT2D eigenvalue weighted by Gasteiger charge is 2.34. The van der Waals surface area contributed by atoms with Crippen molar-refractivity contribution in [3.8, 4) is 0 Å². The third-order valence-electron chi connectivity index (χ3n) is 3.23. The van der Waals surface area contributed by atoms with Gasteiger partial charge in [-0.3, -0.25) is 4.79 Å². The number of nitrogens with one attached hydrogen (secondary N) is 1. The molecule has 0 aromatic heterocycles. The van der Waals surface area contributed by atoms with Gasteiger partial charge in [0.15, 0.2) is 6.04 Å². The Labute approximate surface area is 117 Å². The van der Waals surface area contributed by atoms with Crippen LogP contribution in [-0.4, -0.2) is 79.3 Å². The highest BCUT2D eigenvalue weighted by Crippen LogP contribution is 2.11. The van der Waals surface area contributed by atoms with Crippen LogP contribution >= 0.6 is 0 Å². The Morgan fingerprint density at radius 2 is 2.15 bits per heavy atom. The van der Waals surface area contributed by atoms with Gasteiger partial charge < -0.3 is 25.0 Å². The number of urea groups is 1. The van der Waals surface area contributed by atoms with E-state index < -0.39 is 18.0 Å². The molecule has 20 heavy (non-hydrogen) atoms. The van der Waals surface area contributed by atoms with Crippen molar-refractivity contribution in [3.63, 3.8) is 0 Å². The normalized spacial score (nSPS) is 20.1. The Kier molecular flexibility index (Phi) is 5.75. The number of ether oxygens (including phenoxy) is 1. The molecule has 8 heteroatoms. The third-order valence-corrected chi connectivity index (χ3v) is 3.23. The van der Waals surface area contributed by atoms with Gasteiger partial charge in [0.1, 0.15) is 0 Å². The molecular formula is C12H21N3O5. The Morgan fingerprint density at radius 1 is 1.50 bits per heavy atom. The van der Waals surface area contributed by atoms with Gasteiger partial charge in [0.25, 0.3) is 0 Å². The number of hydrogen-bond acceptors (Lipinski definition) is 4. The summed E-state index contributed by atoms with van der Waals surface area (Å²) in [5.41, 5.74) is 0. The molecular weight excluding hydrogens is 266 g/mol. The molecule has 8 nitrogen and oxygen atoms in total. The van der Waals surface area contributed by atoms with Crippen molar-refractivity contribution in [2.24, 2.45) is 5.92 Å². The van der Waals surface area contributed by atoms with Crippen LogP contribution < -0.4 is 5.32 Å². The molecule has 114 valence electrons. The van der Waals surface area contributed by atoms with E-state index in [-0.39, 0.29) is 31.5 Å². The van der Waals surface area contributed by atoms with E-state index in [0.29, 0.717) is 6.61 Å². The first-order valence-corrected chi connectivity index (χ1v) is 6.42. The van der Waals surface area contributed by atoms with Crippen molar-refractivity contribution in [3.05, 3.63) is 0 Å². The third kappa shape index (κ3) is 3.83. The standard InChI is InChI=1S/C12H21N3O5/c1-8(10(16)13-2)6-14(3)12(19)15-4-5-20-7-9(15)11(17)18/h8-9H,4-7H2,1-3H3,(H,13,16)(H,17,18). The highest BCUT2D eigenvalue weighted by atomic mass is 16.5. The van der Waals surface area contributed by atoms with Crippen LogP contribution in [0.5, 0.6) is 0 Å². The lowest BCUT2D eigenvalue weighted by Gasteiger charge is -2.36. The van der Waals surface area contributed by atoms with E-state index in [1.165, 1.54) is 16.8 Å². The molecule has 1 fully saturated rings. The molecule has 0 bridgehead atoms. The quantitative estimate of drug-likeness (QED) is 0.705. The monoisotopic (exact) mass is 287 g/mol. The lowest BCUT2D eigenvalue weighted by Crippen LogP contribution is -2.56. The zero-order valence-corrected chi connectivity index (χ0v) is 12.0. The summed E-state index contributed by atoms with van der Waals surface area (Å²) in [6, 6.07) is -1.38. The fourth-order valence-electron chi connectivity index (χ4n) is 2.07. The number of rotatable bonds is 4. The molecule has 1 rings (SSSR count). The van der Waals surface area contributed by atoms with Crippen LogP contribution in [0, 0.1) is 5.92 Å². The molecule has 1 aliphatic heterocycles. The molecule has 0 aromatic rings. The number of carboxylic acid groups (broad SMARTS) is 1. The minimum atomic E-state index is -1.09. The van der Waals surface area contributed by atoms with Gasteiger partial charge in [-0.25, -0.2) is 9.59 Å². The van der Waals surface area contributed by atoms with E-state index in [1.807, 2.05) is 0 Å². The summed E-state index contributed by atoms with van der Waals surface area (Å²) in [5, 5.41) is 11.6. The van der Waals surface area contributed by atoms with E-state index in [2.05, 4.69) is 5.32 Å². The van der Waals surface area contributed by atoms with Crippen molar-refractivity contribution in [1.29, 1.82) is 0 Å². The number of carbonyl (C=O) groups excluding carboxylic acids is 2. The van der Waals surface area contributed by atoms with Crippen LogP contribution in [-0.2, 0) is 14.3 Å². The maximum atomic E-state index is 12.3. The first-order chi connectivity index (χ1) is 9.38. The van der Waals surface area contributed by atoms with E-state index in [0.717, 1.165) is 0 Å². The number of hydrogen-bond donors (Lipinski definition) is 2. The Bertz CT molecular complexity index is 387. The zero-order valence-electron chi connectivity index (χ0n) is 12.0. The first kappa shape index (κ1) is 16.2. The van der Waals surface area contributed by atoms with E-state index in [4.69, 9.17) is 9.84 Å². The molecule has 1 heterocycles. The lowest BCUT2D eigenvalue weighted by atomic mass is 10.1. The van der Waals surface area contributed by atoms with E-state index in [9.17, 15) is 14.4 Å². The number of carbonyl (C=O) groups is 3. The SMILES string of the molecule is CNC(=O)C(C)CN(C)C(=O)N1CCOCC1C(=O)O. The van der Waals surface area contributed by atoms with Crippen LogP contribution in [0.2, 0.25) is 0 Å². The molecule has 1 aliphatic rings. The summed E-state index contributed by atoms with van der Waals surface area (Å²) in [5.74, 6) is -1.62. The summed E-state index contributed by atoms with van der Waals surface area (Å²) in [7, 11) is 3.08. The minimum Gasteiger partial charge on any atom is -0.480 e. The van der Waals surface area contributed by atoms with E-state index in [1.54, 1.807) is 14.0 Å². The van der Waals surface area contributed by atoms with Crippen LogP contribution in [0.4, 0.5) is 4.79 Å². The second-order valence-corrected chi connectivity index (χ2v) is 4.80. The molecule has 0 aliphatic carbocycles. The second-order valence-electron chi connectivity index (χ2n) is 4.80. The average molecular weight is 287 g/mol. The largest absolute Gasteiger partial charge is 0.480 e. The number of morpholine rings is 1. The topological polar surface area (TPSA) is 99.2 Å². The number of aliphatic carboxylic acids is 1. The average Bonchev–Trinajstić information content (AvgIpc) is 2.45. The van der Waals surface area contributed by atoms with E-state index >= 15 is 0 Å². The fourth-order valence-corrected chi connectivity index (χ4v) is 2.07. The van der Waals surface area contributed by atoms with Gasteiger partial charge in [-0.1, -0.05) is 6.92 Å². The molecule has 0 spiro atoms. The van der Waals surface area contributed by atoms with Crippen molar-refractivity contribution in [1.82, 2.24) is 15.1 Å². The van der Waals surface area contributed by atoms with Gasteiger partial charge in [-0.05, 0) is 0 Å². The summed E-state index contributed by atoms with van der Waals surface area (Å²) in [6.45, 7) is 2.46. The lowest BCUT2D eigenvalue weighted by molar-refractivity contribution is -0.147. The fraction of sp³-hybridized carbons (Fsp3) is 0.750. The van der Waals surface area contributed by atoms with Gasteiger partial charge in [0.2, 0.25) is 5.91 Å². The van der Waals surface area contributed by atoms with Gasteiger partial charge >= 0.3 is 12.0 Å². The van der Waals surface area contributed by atoms with Gasteiger partial charge in [0.05, 0.1) is 19.1 Å². The van der Waals surface area contributed by atoms with Gasteiger partial charge in [0, 0.05) is 27.2 Å². The summed E-state index contributed by atoms with van der Waals surface area (Å²) < 4.78 is 5.08. The van der Waals surface area contributed by atoms with Crippen LogP contribution in [0.25, 0.3) is 0 Å². The highest BCUT2D eigenvalue weighted by molar-refractivity contribution is 5.84. The Hall–Kier alpha value is -1.83. The zero-order chi connectivity index (χ0) is 15.3. The number of carboxylic acids is 1. The maximum absolute atomic E-state index is 12.3. The first-order valence-electron chi connectivity index (χ1n) is 6.42. The van der Waals surface area contributed by atoms with Crippen LogP contribution in [0.1, 0.15) is 6.92 Å². The number of nitrogens with zero attached hydrogens (tertiary/aromatic N) is 2. The Balaban J connectivity index is 2.67. The second kappa shape index (κ2) is 7.09. The van der Waals surface area contributed by atoms with Crippen LogP contribution in [0.15, 0.2) is 0 Å². The molecule has 2 unspecified atom stereocenters.